The molecule has 0 aliphatic carbocycles. The highest BCUT2D eigenvalue weighted by Crippen LogP contribution is 2.29. The van der Waals surface area contributed by atoms with Crippen molar-refractivity contribution in [3.63, 3.8) is 0 Å². The van der Waals surface area contributed by atoms with Gasteiger partial charge in [0.15, 0.2) is 0 Å². The second-order valence-electron chi connectivity index (χ2n) is 6.30. The maximum atomic E-state index is 11.9. The number of aryl methyl sites for hydroxylation is 1. The summed E-state index contributed by atoms with van der Waals surface area (Å²) in [5, 5.41) is 0. The molecule has 7 nitrogen and oxygen atoms in total. The molecule has 2 amide bonds. The average Bonchev–Trinajstić information content (AvgIpc) is 2.85. The van der Waals surface area contributed by atoms with Crippen molar-refractivity contribution in [2.45, 2.75) is 45.6 Å². The smallest absolute Gasteiger partial charge is 0.415 e. The summed E-state index contributed by atoms with van der Waals surface area (Å²) in [5.74, 6) is 1.70. The fourth-order valence-corrected chi connectivity index (χ4v) is 3.17. The number of hydrogen-bond donors (Lipinski definition) is 0. The molecule has 3 heterocycles. The van der Waals surface area contributed by atoms with Gasteiger partial charge in [-0.3, -0.25) is 9.69 Å². The Morgan fingerprint density at radius 2 is 2.00 bits per heavy atom. The van der Waals surface area contributed by atoms with Crippen LogP contribution in [0.2, 0.25) is 0 Å². The molecule has 2 aliphatic rings. The SMILES string of the molecule is CC(=O)N1CCC(c2nc(C)cc(N3C(=O)OC[C@@H]3C)n2)CC1. The lowest BCUT2D eigenvalue weighted by molar-refractivity contribution is -0.129. The molecule has 1 aromatic heterocycles. The van der Waals surface area contributed by atoms with Gasteiger partial charge in [0, 0.05) is 37.7 Å². The molecule has 0 saturated carbocycles. The van der Waals surface area contributed by atoms with Crippen molar-refractivity contribution < 1.29 is 14.3 Å². The van der Waals surface area contributed by atoms with E-state index in [4.69, 9.17) is 4.74 Å². The number of piperidine rings is 1. The molecule has 0 N–H and O–H groups in total. The molecule has 2 aliphatic heterocycles. The van der Waals surface area contributed by atoms with Gasteiger partial charge < -0.3 is 9.64 Å². The summed E-state index contributed by atoms with van der Waals surface area (Å²) in [4.78, 5) is 36.0. The molecule has 0 radical (unpaired) electrons. The Bertz CT molecular complexity index is 626. The molecule has 0 bridgehead atoms. The van der Waals surface area contributed by atoms with Crippen LogP contribution in [0.15, 0.2) is 6.07 Å². The van der Waals surface area contributed by atoms with Crippen molar-refractivity contribution in [2.24, 2.45) is 0 Å². The van der Waals surface area contributed by atoms with Crippen LogP contribution in [-0.2, 0) is 9.53 Å². The Morgan fingerprint density at radius 3 is 2.57 bits per heavy atom. The average molecular weight is 318 g/mol. The number of anilines is 1. The second kappa shape index (κ2) is 6.14. The third kappa shape index (κ3) is 3.13. The van der Waals surface area contributed by atoms with Gasteiger partial charge in [0.25, 0.3) is 0 Å². The van der Waals surface area contributed by atoms with E-state index in [9.17, 15) is 9.59 Å². The molecule has 2 fully saturated rings. The van der Waals surface area contributed by atoms with Gasteiger partial charge in [0.05, 0.1) is 6.04 Å². The first-order valence-corrected chi connectivity index (χ1v) is 8.03. The van der Waals surface area contributed by atoms with E-state index in [-0.39, 0.29) is 24.0 Å². The van der Waals surface area contributed by atoms with Crippen LogP contribution in [0.3, 0.4) is 0 Å². The standard InChI is InChI=1S/C16H22N4O3/c1-10-8-14(20-11(2)9-23-16(20)22)18-15(17-10)13-4-6-19(7-5-13)12(3)21/h8,11,13H,4-7,9H2,1-3H3/t11-/m0/s1. The van der Waals surface area contributed by atoms with Crippen molar-refractivity contribution in [3.05, 3.63) is 17.6 Å². The molecule has 7 heteroatoms. The summed E-state index contributed by atoms with van der Waals surface area (Å²) in [6, 6.07) is 1.79. The molecular weight excluding hydrogens is 296 g/mol. The van der Waals surface area contributed by atoms with Crippen LogP contribution in [0.25, 0.3) is 0 Å². The fourth-order valence-electron chi connectivity index (χ4n) is 3.17. The lowest BCUT2D eigenvalue weighted by Gasteiger charge is -2.31. The minimum atomic E-state index is -0.354. The van der Waals surface area contributed by atoms with E-state index in [1.807, 2.05) is 24.8 Å². The van der Waals surface area contributed by atoms with Crippen LogP contribution >= 0.6 is 0 Å². The number of cyclic esters (lactones) is 1. The molecule has 0 unspecified atom stereocenters. The number of aromatic nitrogens is 2. The molecule has 0 spiro atoms. The van der Waals surface area contributed by atoms with Crippen molar-refractivity contribution >= 4 is 17.8 Å². The highest BCUT2D eigenvalue weighted by molar-refractivity contribution is 5.89. The summed E-state index contributed by atoms with van der Waals surface area (Å²) in [6.45, 7) is 7.29. The monoisotopic (exact) mass is 318 g/mol. The Hall–Kier alpha value is -2.18. The van der Waals surface area contributed by atoms with Crippen molar-refractivity contribution in [1.29, 1.82) is 0 Å². The van der Waals surface area contributed by atoms with Crippen LogP contribution in [0, 0.1) is 6.92 Å². The Kier molecular flexibility index (Phi) is 4.19. The van der Waals surface area contributed by atoms with Crippen molar-refractivity contribution in [1.82, 2.24) is 14.9 Å². The molecule has 1 aromatic rings. The highest BCUT2D eigenvalue weighted by Gasteiger charge is 2.33. The summed E-state index contributed by atoms with van der Waals surface area (Å²) in [6.07, 6.45) is 1.35. The number of ether oxygens (including phenoxy) is 1. The number of rotatable bonds is 2. The zero-order valence-electron chi connectivity index (χ0n) is 13.8. The first kappa shape index (κ1) is 15.7. The Balaban J connectivity index is 1.81. The van der Waals surface area contributed by atoms with E-state index in [1.54, 1.807) is 11.8 Å². The number of amides is 2. The maximum absolute atomic E-state index is 11.9. The van der Waals surface area contributed by atoms with E-state index in [2.05, 4.69) is 9.97 Å². The Labute approximate surface area is 135 Å². The Morgan fingerprint density at radius 1 is 1.30 bits per heavy atom. The third-order valence-corrected chi connectivity index (χ3v) is 4.50. The maximum Gasteiger partial charge on any atom is 0.415 e. The molecule has 2 saturated heterocycles. The predicted octanol–water partition coefficient (Wildman–Crippen LogP) is 1.86. The minimum Gasteiger partial charge on any atom is -0.447 e. The van der Waals surface area contributed by atoms with Crippen molar-refractivity contribution in [2.75, 3.05) is 24.6 Å². The van der Waals surface area contributed by atoms with E-state index in [0.29, 0.717) is 12.4 Å². The van der Waals surface area contributed by atoms with Gasteiger partial charge in [-0.05, 0) is 26.7 Å². The van der Waals surface area contributed by atoms with E-state index < -0.39 is 0 Å². The summed E-state index contributed by atoms with van der Waals surface area (Å²) in [5.41, 5.74) is 0.839. The van der Waals surface area contributed by atoms with Gasteiger partial charge >= 0.3 is 6.09 Å². The van der Waals surface area contributed by atoms with Gasteiger partial charge in [0.2, 0.25) is 5.91 Å². The molecule has 124 valence electrons. The van der Waals surface area contributed by atoms with E-state index in [1.165, 1.54) is 0 Å². The van der Waals surface area contributed by atoms with Gasteiger partial charge in [-0.2, -0.15) is 0 Å². The summed E-state index contributed by atoms with van der Waals surface area (Å²) >= 11 is 0. The molecule has 23 heavy (non-hydrogen) atoms. The quantitative estimate of drug-likeness (QED) is 0.832. The zero-order chi connectivity index (χ0) is 16.6. The number of hydrogen-bond acceptors (Lipinski definition) is 5. The zero-order valence-corrected chi connectivity index (χ0v) is 13.8. The fraction of sp³-hybridized carbons (Fsp3) is 0.625. The summed E-state index contributed by atoms with van der Waals surface area (Å²) in [7, 11) is 0. The highest BCUT2D eigenvalue weighted by atomic mass is 16.6. The predicted molar refractivity (Wildman–Crippen MR) is 84.3 cm³/mol. The van der Waals surface area contributed by atoms with Crippen LogP contribution in [-0.4, -0.2) is 52.6 Å². The van der Waals surface area contributed by atoms with Crippen LogP contribution < -0.4 is 4.90 Å². The minimum absolute atomic E-state index is 0.0239. The van der Waals surface area contributed by atoms with E-state index in [0.717, 1.165) is 37.4 Å². The third-order valence-electron chi connectivity index (χ3n) is 4.50. The van der Waals surface area contributed by atoms with Gasteiger partial charge in [-0.15, -0.1) is 0 Å². The lowest BCUT2D eigenvalue weighted by Crippen LogP contribution is -2.37. The van der Waals surface area contributed by atoms with Gasteiger partial charge in [-0.1, -0.05) is 0 Å². The van der Waals surface area contributed by atoms with E-state index >= 15 is 0 Å². The number of carbonyl (C=O) groups excluding carboxylic acids is 2. The molecule has 0 aromatic carbocycles. The summed E-state index contributed by atoms with van der Waals surface area (Å²) < 4.78 is 5.08. The largest absolute Gasteiger partial charge is 0.447 e. The first-order chi connectivity index (χ1) is 11.0. The van der Waals surface area contributed by atoms with Gasteiger partial charge in [-0.25, -0.2) is 14.8 Å². The van der Waals surface area contributed by atoms with Crippen LogP contribution in [0.1, 0.15) is 44.1 Å². The number of nitrogens with zero attached hydrogens (tertiary/aromatic N) is 4. The number of likely N-dealkylation sites (tertiary alicyclic amines) is 1. The van der Waals surface area contributed by atoms with Crippen LogP contribution in [0.5, 0.6) is 0 Å². The molecular formula is C16H22N4O3. The van der Waals surface area contributed by atoms with Crippen molar-refractivity contribution in [3.8, 4) is 0 Å². The second-order valence-corrected chi connectivity index (χ2v) is 6.30. The molecule has 1 atom stereocenters. The normalized spacial score (nSPS) is 22.4. The van der Waals surface area contributed by atoms with Gasteiger partial charge in [0.1, 0.15) is 18.2 Å². The topological polar surface area (TPSA) is 75.6 Å². The lowest BCUT2D eigenvalue weighted by atomic mass is 9.96. The van der Waals surface area contributed by atoms with Crippen LogP contribution in [0.4, 0.5) is 10.6 Å². The first-order valence-electron chi connectivity index (χ1n) is 8.03. The number of carbonyl (C=O) groups is 2. The molecule has 3 rings (SSSR count).